The fourth-order valence-electron chi connectivity index (χ4n) is 1.66. The van der Waals surface area contributed by atoms with Gasteiger partial charge in [0.2, 0.25) is 0 Å². The van der Waals surface area contributed by atoms with Crippen LogP contribution in [-0.4, -0.2) is 6.61 Å². The average Bonchev–Trinajstić information content (AvgIpc) is 2.37. The number of hydrogen-bond acceptors (Lipinski definition) is 1. The third-order valence-electron chi connectivity index (χ3n) is 2.56. The summed E-state index contributed by atoms with van der Waals surface area (Å²) in [6, 6.07) is 3.64. The van der Waals surface area contributed by atoms with Crippen LogP contribution in [-0.2, 0) is 6.42 Å². The molecule has 1 aromatic carbocycles. The summed E-state index contributed by atoms with van der Waals surface area (Å²) in [7, 11) is 0. The molecule has 0 aliphatic rings. The zero-order chi connectivity index (χ0) is 14.1. The SMILES string of the molecule is CCCC#CCCc1cc(Cl)cc(Cl)c1OCCC. The minimum absolute atomic E-state index is 0.581. The molecule has 104 valence electrons. The summed E-state index contributed by atoms with van der Waals surface area (Å²) >= 11 is 12.2. The fourth-order valence-corrected chi connectivity index (χ4v) is 2.25. The highest BCUT2D eigenvalue weighted by Gasteiger charge is 2.10. The lowest BCUT2D eigenvalue weighted by atomic mass is 10.1. The number of rotatable bonds is 6. The quantitative estimate of drug-likeness (QED) is 0.629. The van der Waals surface area contributed by atoms with Crippen molar-refractivity contribution in [3.05, 3.63) is 27.7 Å². The summed E-state index contributed by atoms with van der Waals surface area (Å²) in [6.45, 7) is 4.86. The predicted molar refractivity (Wildman–Crippen MR) is 83.3 cm³/mol. The van der Waals surface area contributed by atoms with Gasteiger partial charge in [0.05, 0.1) is 11.6 Å². The molecule has 0 aromatic heterocycles. The lowest BCUT2D eigenvalue weighted by Gasteiger charge is -2.12. The molecule has 0 unspecified atom stereocenters. The minimum Gasteiger partial charge on any atom is -0.492 e. The molecule has 0 spiro atoms. The van der Waals surface area contributed by atoms with Crippen molar-refractivity contribution in [2.75, 3.05) is 6.61 Å². The summed E-state index contributed by atoms with van der Waals surface area (Å²) < 4.78 is 5.71. The molecule has 0 bridgehead atoms. The average molecular weight is 299 g/mol. The van der Waals surface area contributed by atoms with Crippen LogP contribution in [0.5, 0.6) is 5.75 Å². The van der Waals surface area contributed by atoms with Crippen LogP contribution in [0.25, 0.3) is 0 Å². The van der Waals surface area contributed by atoms with E-state index in [2.05, 4.69) is 25.7 Å². The van der Waals surface area contributed by atoms with Gasteiger partial charge in [0.15, 0.2) is 0 Å². The molecule has 0 heterocycles. The Bertz CT molecular complexity index is 458. The molecule has 1 nitrogen and oxygen atoms in total. The smallest absolute Gasteiger partial charge is 0.141 e. The highest BCUT2D eigenvalue weighted by molar-refractivity contribution is 6.35. The first-order valence-corrected chi connectivity index (χ1v) is 7.51. The van der Waals surface area contributed by atoms with E-state index in [0.29, 0.717) is 16.7 Å². The molecule has 0 saturated carbocycles. The zero-order valence-corrected chi connectivity index (χ0v) is 13.1. The lowest BCUT2D eigenvalue weighted by Crippen LogP contribution is -2.00. The standard InChI is InChI=1S/C16H20Cl2O/c1-3-5-6-7-8-9-13-11-14(17)12-15(18)16(13)19-10-4-2/h11-12H,3-5,8-10H2,1-2H3. The molecule has 0 N–H and O–H groups in total. The molecule has 0 aliphatic heterocycles. The van der Waals surface area contributed by atoms with Crippen LogP contribution in [0.4, 0.5) is 0 Å². The van der Waals surface area contributed by atoms with Gasteiger partial charge in [-0.05, 0) is 37.0 Å². The third-order valence-corrected chi connectivity index (χ3v) is 3.05. The number of halogens is 2. The number of unbranched alkanes of at least 4 members (excludes halogenated alkanes) is 1. The summed E-state index contributed by atoms with van der Waals surface area (Å²) in [4.78, 5) is 0. The highest BCUT2D eigenvalue weighted by Crippen LogP contribution is 2.33. The van der Waals surface area contributed by atoms with Crippen LogP contribution in [0.2, 0.25) is 10.0 Å². The van der Waals surface area contributed by atoms with Gasteiger partial charge in [-0.15, -0.1) is 11.8 Å². The van der Waals surface area contributed by atoms with Crippen molar-refractivity contribution in [1.82, 2.24) is 0 Å². The Morgan fingerprint density at radius 1 is 1.05 bits per heavy atom. The highest BCUT2D eigenvalue weighted by atomic mass is 35.5. The lowest BCUT2D eigenvalue weighted by molar-refractivity contribution is 0.314. The predicted octanol–water partition coefficient (Wildman–Crippen LogP) is 5.52. The van der Waals surface area contributed by atoms with E-state index in [9.17, 15) is 0 Å². The maximum atomic E-state index is 6.19. The van der Waals surface area contributed by atoms with Crippen molar-refractivity contribution in [2.45, 2.75) is 46.0 Å². The normalized spacial score (nSPS) is 9.89. The second-order valence-corrected chi connectivity index (χ2v) is 5.17. The molecule has 0 radical (unpaired) electrons. The summed E-state index contributed by atoms with van der Waals surface area (Å²) in [5.41, 5.74) is 1.04. The van der Waals surface area contributed by atoms with Gasteiger partial charge in [-0.1, -0.05) is 37.0 Å². The van der Waals surface area contributed by atoms with Crippen molar-refractivity contribution in [3.63, 3.8) is 0 Å². The number of benzene rings is 1. The summed E-state index contributed by atoms with van der Waals surface area (Å²) in [5.74, 6) is 7.06. The van der Waals surface area contributed by atoms with E-state index >= 15 is 0 Å². The zero-order valence-electron chi connectivity index (χ0n) is 11.6. The molecule has 0 aliphatic carbocycles. The maximum Gasteiger partial charge on any atom is 0.141 e. The van der Waals surface area contributed by atoms with Gasteiger partial charge in [-0.3, -0.25) is 0 Å². The number of ether oxygens (including phenoxy) is 1. The molecule has 1 rings (SSSR count). The molecule has 1 aromatic rings. The Morgan fingerprint density at radius 2 is 1.79 bits per heavy atom. The van der Waals surface area contributed by atoms with Crippen molar-refractivity contribution in [2.24, 2.45) is 0 Å². The van der Waals surface area contributed by atoms with E-state index in [0.717, 1.165) is 43.4 Å². The van der Waals surface area contributed by atoms with E-state index < -0.39 is 0 Å². The monoisotopic (exact) mass is 298 g/mol. The molecule has 0 amide bonds. The van der Waals surface area contributed by atoms with Gasteiger partial charge in [0, 0.05) is 17.9 Å². The topological polar surface area (TPSA) is 9.23 Å². The molecule has 3 heteroatoms. The molecular formula is C16H20Cl2O. The minimum atomic E-state index is 0.581. The number of hydrogen-bond donors (Lipinski definition) is 0. The van der Waals surface area contributed by atoms with Crippen LogP contribution in [0.3, 0.4) is 0 Å². The Morgan fingerprint density at radius 3 is 2.47 bits per heavy atom. The Kier molecular flexibility index (Phi) is 7.79. The van der Waals surface area contributed by atoms with Crippen molar-refractivity contribution < 1.29 is 4.74 Å². The third kappa shape index (κ3) is 5.76. The molecule has 0 fully saturated rings. The largest absolute Gasteiger partial charge is 0.492 e. The first-order chi connectivity index (χ1) is 9.19. The van der Waals surface area contributed by atoms with E-state index in [1.54, 1.807) is 6.07 Å². The van der Waals surface area contributed by atoms with Crippen molar-refractivity contribution in [1.29, 1.82) is 0 Å². The Hall–Kier alpha value is -0.840. The van der Waals surface area contributed by atoms with Crippen molar-refractivity contribution >= 4 is 23.2 Å². The van der Waals surface area contributed by atoms with Gasteiger partial charge >= 0.3 is 0 Å². The van der Waals surface area contributed by atoms with Gasteiger partial charge in [0.25, 0.3) is 0 Å². The van der Waals surface area contributed by atoms with E-state index in [1.165, 1.54) is 0 Å². The summed E-state index contributed by atoms with van der Waals surface area (Å²) in [5, 5.41) is 1.22. The van der Waals surface area contributed by atoms with E-state index in [4.69, 9.17) is 27.9 Å². The van der Waals surface area contributed by atoms with Crippen LogP contribution in [0.1, 0.15) is 45.1 Å². The van der Waals surface area contributed by atoms with Crippen LogP contribution < -0.4 is 4.74 Å². The van der Waals surface area contributed by atoms with Gasteiger partial charge in [0.1, 0.15) is 5.75 Å². The van der Waals surface area contributed by atoms with Gasteiger partial charge < -0.3 is 4.74 Å². The van der Waals surface area contributed by atoms with E-state index in [1.807, 2.05) is 6.07 Å². The first kappa shape index (κ1) is 16.2. The molecule has 0 atom stereocenters. The Labute approximate surface area is 126 Å². The maximum absolute atomic E-state index is 6.19. The second-order valence-electron chi connectivity index (χ2n) is 4.33. The van der Waals surface area contributed by atoms with Crippen LogP contribution in [0.15, 0.2) is 12.1 Å². The van der Waals surface area contributed by atoms with Gasteiger partial charge in [-0.25, -0.2) is 0 Å². The fraction of sp³-hybridized carbons (Fsp3) is 0.500. The number of aryl methyl sites for hydroxylation is 1. The van der Waals surface area contributed by atoms with Crippen molar-refractivity contribution in [3.8, 4) is 17.6 Å². The van der Waals surface area contributed by atoms with E-state index in [-0.39, 0.29) is 0 Å². The molecule has 19 heavy (non-hydrogen) atoms. The molecular weight excluding hydrogens is 279 g/mol. The van der Waals surface area contributed by atoms with Crippen LogP contribution >= 0.6 is 23.2 Å². The Balaban J connectivity index is 2.77. The van der Waals surface area contributed by atoms with Gasteiger partial charge in [-0.2, -0.15) is 0 Å². The molecule has 0 saturated heterocycles. The summed E-state index contributed by atoms with van der Waals surface area (Å²) in [6.07, 6.45) is 4.63. The first-order valence-electron chi connectivity index (χ1n) is 6.75. The second kappa shape index (κ2) is 9.13. The van der Waals surface area contributed by atoms with Crippen LogP contribution in [0, 0.1) is 11.8 Å².